The maximum atomic E-state index is 12.8. The van der Waals surface area contributed by atoms with E-state index in [1.807, 2.05) is 42.5 Å². The van der Waals surface area contributed by atoms with Gasteiger partial charge in [0.1, 0.15) is 0 Å². The van der Waals surface area contributed by atoms with E-state index in [-0.39, 0.29) is 12.3 Å². The molecule has 0 radical (unpaired) electrons. The number of nitrogens with zero attached hydrogens (tertiary/aromatic N) is 5. The highest BCUT2D eigenvalue weighted by molar-refractivity contribution is 5.92. The van der Waals surface area contributed by atoms with Crippen LogP contribution in [0.1, 0.15) is 22.5 Å². The lowest BCUT2D eigenvalue weighted by molar-refractivity contribution is 0.0740. The van der Waals surface area contributed by atoms with Crippen LogP contribution < -0.4 is 0 Å². The molecule has 0 atom stereocenters. The molecule has 0 unspecified atom stereocenters. The average Bonchev–Trinajstić information content (AvgIpc) is 3.16. The van der Waals surface area contributed by atoms with Crippen LogP contribution in [-0.4, -0.2) is 32.1 Å². The Balaban J connectivity index is 1.80. The third-order valence-electron chi connectivity index (χ3n) is 3.71. The van der Waals surface area contributed by atoms with Gasteiger partial charge in [-0.1, -0.05) is 24.3 Å². The van der Waals surface area contributed by atoms with E-state index in [1.165, 1.54) is 0 Å². The van der Waals surface area contributed by atoms with E-state index in [0.717, 1.165) is 11.3 Å². The van der Waals surface area contributed by atoms with Crippen molar-refractivity contribution < 1.29 is 4.79 Å². The Labute approximate surface area is 146 Å². The molecule has 1 amide bonds. The number of amides is 1. The first-order chi connectivity index (χ1) is 12.3. The molecule has 0 fully saturated rings. The molecular formula is C19H17N5O. The van der Waals surface area contributed by atoms with Crippen LogP contribution in [0.3, 0.4) is 0 Å². The summed E-state index contributed by atoms with van der Waals surface area (Å²) in [6, 6.07) is 17.1. The lowest BCUT2D eigenvalue weighted by atomic mass is 10.2. The lowest BCUT2D eigenvalue weighted by Crippen LogP contribution is -2.31. The maximum absolute atomic E-state index is 12.8. The average molecular weight is 331 g/mol. The highest BCUT2D eigenvalue weighted by Gasteiger charge is 2.19. The number of nitriles is 1. The monoisotopic (exact) mass is 331 g/mol. The fourth-order valence-corrected chi connectivity index (χ4v) is 2.47. The minimum absolute atomic E-state index is 0.200. The summed E-state index contributed by atoms with van der Waals surface area (Å²) in [4.78, 5) is 18.5. The number of rotatable bonds is 6. The molecule has 3 aromatic rings. The van der Waals surface area contributed by atoms with Gasteiger partial charge in [-0.25, -0.2) is 4.68 Å². The van der Waals surface area contributed by atoms with Crippen molar-refractivity contribution in [3.05, 3.63) is 78.4 Å². The molecule has 0 aliphatic carbocycles. The predicted molar refractivity (Wildman–Crippen MR) is 92.8 cm³/mol. The minimum Gasteiger partial charge on any atom is -0.332 e. The Kier molecular flexibility index (Phi) is 5.17. The van der Waals surface area contributed by atoms with Crippen molar-refractivity contribution in [2.75, 3.05) is 6.54 Å². The van der Waals surface area contributed by atoms with Crippen LogP contribution in [0.15, 0.2) is 67.1 Å². The second-order valence-corrected chi connectivity index (χ2v) is 5.48. The largest absolute Gasteiger partial charge is 0.332 e. The van der Waals surface area contributed by atoms with Gasteiger partial charge in [0.25, 0.3) is 5.91 Å². The molecule has 3 rings (SSSR count). The normalized spacial score (nSPS) is 10.2. The second-order valence-electron chi connectivity index (χ2n) is 5.48. The smallest absolute Gasteiger partial charge is 0.274 e. The first kappa shape index (κ1) is 16.4. The van der Waals surface area contributed by atoms with Crippen molar-refractivity contribution in [3.63, 3.8) is 0 Å². The lowest BCUT2D eigenvalue weighted by Gasteiger charge is -2.20. The summed E-state index contributed by atoms with van der Waals surface area (Å²) < 4.78 is 1.67. The maximum Gasteiger partial charge on any atom is 0.274 e. The van der Waals surface area contributed by atoms with Gasteiger partial charge in [0.05, 0.1) is 18.2 Å². The molecule has 25 heavy (non-hydrogen) atoms. The Morgan fingerprint density at radius 3 is 2.72 bits per heavy atom. The Hall–Kier alpha value is -3.46. The molecular weight excluding hydrogens is 314 g/mol. The van der Waals surface area contributed by atoms with Gasteiger partial charge in [-0.05, 0) is 29.8 Å². The Morgan fingerprint density at radius 1 is 1.16 bits per heavy atom. The standard InChI is InChI=1S/C19H17N5O/c20-10-5-12-23(15-16-6-4-11-21-14-16)19(25)18-9-13-24(22-18)17-7-2-1-3-8-17/h1-4,6-9,11,13-14H,5,12,15H2. The number of aromatic nitrogens is 3. The van der Waals surface area contributed by atoms with E-state index < -0.39 is 0 Å². The molecule has 0 spiro atoms. The van der Waals surface area contributed by atoms with Crippen molar-refractivity contribution in [1.82, 2.24) is 19.7 Å². The van der Waals surface area contributed by atoms with E-state index in [1.54, 1.807) is 34.2 Å². The molecule has 0 saturated heterocycles. The summed E-state index contributed by atoms with van der Waals surface area (Å²) in [5.74, 6) is -0.200. The molecule has 1 aromatic carbocycles. The van der Waals surface area contributed by atoms with Gasteiger partial charge in [0.2, 0.25) is 0 Å². The van der Waals surface area contributed by atoms with E-state index in [2.05, 4.69) is 16.2 Å². The summed E-state index contributed by atoms with van der Waals surface area (Å²) in [5.41, 5.74) is 2.15. The van der Waals surface area contributed by atoms with Crippen LogP contribution in [0.5, 0.6) is 0 Å². The highest BCUT2D eigenvalue weighted by Crippen LogP contribution is 2.11. The molecule has 0 bridgehead atoms. The number of hydrogen-bond acceptors (Lipinski definition) is 4. The van der Waals surface area contributed by atoms with Crippen LogP contribution in [0.2, 0.25) is 0 Å². The van der Waals surface area contributed by atoms with Gasteiger partial charge in [-0.3, -0.25) is 9.78 Å². The summed E-state index contributed by atoms with van der Waals surface area (Å²) in [5, 5.41) is 13.2. The highest BCUT2D eigenvalue weighted by atomic mass is 16.2. The second kappa shape index (κ2) is 7.88. The fraction of sp³-hybridized carbons (Fsp3) is 0.158. The number of carbonyl (C=O) groups excluding carboxylic acids is 1. The van der Waals surface area contributed by atoms with Crippen LogP contribution in [-0.2, 0) is 6.54 Å². The third-order valence-corrected chi connectivity index (χ3v) is 3.71. The molecule has 2 aromatic heterocycles. The molecule has 124 valence electrons. The molecule has 0 aliphatic heterocycles. The van der Waals surface area contributed by atoms with Gasteiger partial charge >= 0.3 is 0 Å². The van der Waals surface area contributed by atoms with Gasteiger partial charge in [-0.15, -0.1) is 0 Å². The summed E-state index contributed by atoms with van der Waals surface area (Å²) in [7, 11) is 0. The number of benzene rings is 1. The van der Waals surface area contributed by atoms with Crippen LogP contribution in [0.4, 0.5) is 0 Å². The third kappa shape index (κ3) is 4.09. The van der Waals surface area contributed by atoms with Crippen LogP contribution >= 0.6 is 0 Å². The first-order valence-electron chi connectivity index (χ1n) is 7.94. The Bertz CT molecular complexity index is 868. The van der Waals surface area contributed by atoms with Gasteiger partial charge in [0.15, 0.2) is 5.69 Å². The van der Waals surface area contributed by atoms with Gasteiger partial charge in [0, 0.05) is 31.7 Å². The molecule has 2 heterocycles. The predicted octanol–water partition coefficient (Wildman–Crippen LogP) is 2.82. The molecule has 6 nitrogen and oxygen atoms in total. The van der Waals surface area contributed by atoms with Crippen molar-refractivity contribution in [2.45, 2.75) is 13.0 Å². The van der Waals surface area contributed by atoms with Gasteiger partial charge < -0.3 is 4.90 Å². The van der Waals surface area contributed by atoms with Crippen molar-refractivity contribution in [2.24, 2.45) is 0 Å². The number of pyridine rings is 1. The van der Waals surface area contributed by atoms with Gasteiger partial charge in [-0.2, -0.15) is 10.4 Å². The first-order valence-corrected chi connectivity index (χ1v) is 7.94. The zero-order valence-electron chi connectivity index (χ0n) is 13.6. The Morgan fingerprint density at radius 2 is 2.00 bits per heavy atom. The van der Waals surface area contributed by atoms with Crippen molar-refractivity contribution in [3.8, 4) is 11.8 Å². The molecule has 0 aliphatic rings. The fourth-order valence-electron chi connectivity index (χ4n) is 2.47. The van der Waals surface area contributed by atoms with E-state index >= 15 is 0 Å². The number of para-hydroxylation sites is 1. The van der Waals surface area contributed by atoms with E-state index in [4.69, 9.17) is 5.26 Å². The van der Waals surface area contributed by atoms with Crippen molar-refractivity contribution >= 4 is 5.91 Å². The zero-order valence-corrected chi connectivity index (χ0v) is 13.6. The van der Waals surface area contributed by atoms with E-state index in [0.29, 0.717) is 18.8 Å². The molecule has 6 heteroatoms. The van der Waals surface area contributed by atoms with Crippen LogP contribution in [0.25, 0.3) is 5.69 Å². The quantitative estimate of drug-likeness (QED) is 0.696. The minimum atomic E-state index is -0.200. The number of carbonyl (C=O) groups is 1. The topological polar surface area (TPSA) is 74.8 Å². The summed E-state index contributed by atoms with van der Waals surface area (Å²) >= 11 is 0. The van der Waals surface area contributed by atoms with E-state index in [9.17, 15) is 4.79 Å². The SMILES string of the molecule is N#CCCN(Cc1cccnc1)C(=O)c1ccn(-c2ccccc2)n1. The number of hydrogen-bond donors (Lipinski definition) is 0. The summed E-state index contributed by atoms with van der Waals surface area (Å²) in [6.45, 7) is 0.745. The van der Waals surface area contributed by atoms with Crippen LogP contribution in [0, 0.1) is 11.3 Å². The van der Waals surface area contributed by atoms with Crippen molar-refractivity contribution in [1.29, 1.82) is 5.26 Å². The molecule has 0 saturated carbocycles. The summed E-state index contributed by atoms with van der Waals surface area (Å²) in [6.07, 6.45) is 5.43. The molecule has 0 N–H and O–H groups in total. The zero-order chi connectivity index (χ0) is 17.5.